The molecule has 1 saturated carbocycles. The minimum atomic E-state index is -0.557. The van der Waals surface area contributed by atoms with Crippen LogP contribution < -0.4 is 16.6 Å². The summed E-state index contributed by atoms with van der Waals surface area (Å²) in [6.07, 6.45) is 4.51. The first kappa shape index (κ1) is 23.6. The molecule has 4 N–H and O–H groups in total. The maximum absolute atomic E-state index is 15.4. The third-order valence-electron chi connectivity index (χ3n) is 7.70. The first-order valence-corrected chi connectivity index (χ1v) is 12.6. The van der Waals surface area contributed by atoms with Gasteiger partial charge in [0.2, 0.25) is 0 Å². The molecule has 6 rings (SSSR count). The lowest BCUT2D eigenvalue weighted by Crippen LogP contribution is -2.43. The molecular formula is C29H29FN4O3. The average Bonchev–Trinajstić information content (AvgIpc) is 3.62. The van der Waals surface area contributed by atoms with Crippen LogP contribution in [0.4, 0.5) is 4.39 Å². The molecule has 0 atom stereocenters. The van der Waals surface area contributed by atoms with Crippen molar-refractivity contribution < 1.29 is 14.3 Å². The van der Waals surface area contributed by atoms with Crippen molar-refractivity contribution in [3.05, 3.63) is 87.3 Å². The number of aryl methyl sites for hydroxylation is 1. The average molecular weight is 501 g/mol. The van der Waals surface area contributed by atoms with Crippen LogP contribution in [0.1, 0.15) is 46.1 Å². The molecule has 1 aliphatic heterocycles. The Kier molecular flexibility index (Phi) is 5.73. The summed E-state index contributed by atoms with van der Waals surface area (Å²) in [5.74, 6) is -0.327. The molecule has 1 saturated heterocycles. The summed E-state index contributed by atoms with van der Waals surface area (Å²) in [6.45, 7) is 1.37. The minimum absolute atomic E-state index is 0.0601. The van der Waals surface area contributed by atoms with E-state index in [1.54, 1.807) is 40.6 Å². The van der Waals surface area contributed by atoms with Crippen molar-refractivity contribution in [3.63, 3.8) is 0 Å². The second-order valence-corrected chi connectivity index (χ2v) is 10.3. The highest BCUT2D eigenvalue weighted by atomic mass is 19.1. The number of nitrogens with zero attached hydrogens (tertiary/aromatic N) is 2. The van der Waals surface area contributed by atoms with Crippen molar-refractivity contribution in [2.75, 3.05) is 13.1 Å². The number of fused-ring (bicyclic) bond motifs is 1. The second kappa shape index (κ2) is 8.97. The first-order valence-electron chi connectivity index (χ1n) is 12.6. The van der Waals surface area contributed by atoms with Gasteiger partial charge in [-0.2, -0.15) is 0 Å². The van der Waals surface area contributed by atoms with E-state index in [1.807, 2.05) is 18.2 Å². The predicted molar refractivity (Wildman–Crippen MR) is 140 cm³/mol. The molecule has 0 unspecified atom stereocenters. The zero-order chi connectivity index (χ0) is 25.8. The number of halogens is 1. The number of carbonyl (C=O) groups is 1. The lowest BCUT2D eigenvalue weighted by Gasteiger charge is -2.29. The normalized spacial score (nSPS) is 15.8. The van der Waals surface area contributed by atoms with Gasteiger partial charge in [-0.1, -0.05) is 18.2 Å². The molecule has 8 heteroatoms. The number of nitrogens with one attached hydrogen (secondary N) is 1. The summed E-state index contributed by atoms with van der Waals surface area (Å²) in [4.78, 5) is 25.8. The van der Waals surface area contributed by atoms with E-state index < -0.39 is 17.3 Å². The van der Waals surface area contributed by atoms with Crippen molar-refractivity contribution >= 4 is 16.7 Å². The van der Waals surface area contributed by atoms with E-state index >= 15 is 4.39 Å². The number of aliphatic hydroxyl groups is 1. The fourth-order valence-electron chi connectivity index (χ4n) is 5.51. The van der Waals surface area contributed by atoms with Gasteiger partial charge in [0.25, 0.3) is 11.5 Å². The number of carbonyl (C=O) groups excluding carboxylic acids is 1. The van der Waals surface area contributed by atoms with Crippen LogP contribution in [0, 0.1) is 11.7 Å². The molecule has 0 bridgehead atoms. The van der Waals surface area contributed by atoms with Gasteiger partial charge >= 0.3 is 0 Å². The van der Waals surface area contributed by atoms with E-state index in [4.69, 9.17) is 5.73 Å². The van der Waals surface area contributed by atoms with Crippen LogP contribution in [-0.4, -0.2) is 33.2 Å². The molecule has 190 valence electrons. The zero-order valence-electron chi connectivity index (χ0n) is 20.6. The van der Waals surface area contributed by atoms with Gasteiger partial charge in [0.15, 0.2) is 0 Å². The fourth-order valence-corrected chi connectivity index (χ4v) is 5.51. The van der Waals surface area contributed by atoms with Crippen molar-refractivity contribution in [3.8, 4) is 16.8 Å². The first-order chi connectivity index (χ1) is 17.9. The number of hydrogen-bond donors (Lipinski definition) is 3. The molecule has 7 nitrogen and oxygen atoms in total. The summed E-state index contributed by atoms with van der Waals surface area (Å²) in [7, 11) is 1.73. The topological polar surface area (TPSA) is 102 Å². The molecule has 2 aromatic carbocycles. The summed E-state index contributed by atoms with van der Waals surface area (Å²) >= 11 is 0. The number of aliphatic hydroxyl groups excluding tert-OH is 1. The fraction of sp³-hybridized carbons (Fsp3) is 0.310. The molecule has 2 fully saturated rings. The number of rotatable bonds is 7. The van der Waals surface area contributed by atoms with E-state index in [1.165, 1.54) is 6.07 Å². The Labute approximate surface area is 213 Å². The van der Waals surface area contributed by atoms with Crippen LogP contribution in [0.5, 0.6) is 0 Å². The van der Waals surface area contributed by atoms with Gasteiger partial charge in [0.1, 0.15) is 11.5 Å². The molecular weight excluding hydrogens is 471 g/mol. The van der Waals surface area contributed by atoms with Crippen LogP contribution in [0.2, 0.25) is 0 Å². The lowest BCUT2D eigenvalue weighted by atomic mass is 9.94. The van der Waals surface area contributed by atoms with Crippen molar-refractivity contribution in [1.82, 2.24) is 14.5 Å². The van der Waals surface area contributed by atoms with Crippen LogP contribution in [0.25, 0.3) is 27.6 Å². The third kappa shape index (κ3) is 4.06. The Morgan fingerprint density at radius 3 is 2.59 bits per heavy atom. The van der Waals surface area contributed by atoms with E-state index in [-0.39, 0.29) is 12.0 Å². The van der Waals surface area contributed by atoms with Gasteiger partial charge in [-0.3, -0.25) is 14.2 Å². The Bertz CT molecular complexity index is 1610. The Hall–Kier alpha value is -3.75. The molecule has 0 radical (unpaired) electrons. The van der Waals surface area contributed by atoms with Gasteiger partial charge in [0, 0.05) is 30.1 Å². The largest absolute Gasteiger partial charge is 0.392 e. The third-order valence-corrected chi connectivity index (χ3v) is 7.70. The van der Waals surface area contributed by atoms with Gasteiger partial charge in [-0.25, -0.2) is 4.39 Å². The van der Waals surface area contributed by atoms with Gasteiger partial charge in [-0.15, -0.1) is 0 Å². The number of benzene rings is 2. The number of nitrogens with two attached hydrogens (primary N) is 1. The molecule has 1 aliphatic carbocycles. The van der Waals surface area contributed by atoms with Crippen LogP contribution in [0.15, 0.2) is 53.5 Å². The highest BCUT2D eigenvalue weighted by molar-refractivity contribution is 5.93. The maximum atomic E-state index is 15.4. The van der Waals surface area contributed by atoms with Gasteiger partial charge in [-0.05, 0) is 85.0 Å². The van der Waals surface area contributed by atoms with Crippen LogP contribution in [-0.2, 0) is 20.1 Å². The molecule has 3 heterocycles. The highest BCUT2D eigenvalue weighted by Gasteiger charge is 2.27. The van der Waals surface area contributed by atoms with Crippen molar-refractivity contribution in [2.45, 2.75) is 31.8 Å². The van der Waals surface area contributed by atoms with E-state index in [0.29, 0.717) is 51.7 Å². The Morgan fingerprint density at radius 1 is 1.19 bits per heavy atom. The SMILES string of the molecule is Cn1cc(-c2cccc(-n3c(CC4CNC4)cc4cc(C5CC5)cc(F)c4c3=O)c2CO)cc1C(N)=O. The van der Waals surface area contributed by atoms with Gasteiger partial charge in [0.05, 0.1) is 17.7 Å². The maximum Gasteiger partial charge on any atom is 0.266 e. The highest BCUT2D eigenvalue weighted by Crippen LogP contribution is 2.41. The zero-order valence-corrected chi connectivity index (χ0v) is 20.6. The molecule has 2 aliphatic rings. The number of amides is 1. The summed E-state index contributed by atoms with van der Waals surface area (Å²) in [6, 6.07) is 12.5. The second-order valence-electron chi connectivity index (χ2n) is 10.3. The van der Waals surface area contributed by atoms with E-state index in [2.05, 4.69) is 5.32 Å². The number of pyridine rings is 1. The van der Waals surface area contributed by atoms with Crippen molar-refractivity contribution in [2.24, 2.45) is 18.7 Å². The van der Waals surface area contributed by atoms with Crippen molar-refractivity contribution in [1.29, 1.82) is 0 Å². The molecule has 4 aromatic rings. The van der Waals surface area contributed by atoms with Crippen LogP contribution >= 0.6 is 0 Å². The van der Waals surface area contributed by atoms with E-state index in [0.717, 1.165) is 37.2 Å². The standard InChI is InChI=1S/C29H29FN4O3/c1-33-14-20(11-26(33)28(31)36)22-3-2-4-25(23(22)15-35)34-21(7-16-12-32-13-16)9-19-8-18(17-5-6-17)10-24(30)27(19)29(34)37/h2-4,8-11,14,16-17,32,35H,5-7,12-13,15H2,1H3,(H2,31,36). The molecule has 0 spiro atoms. The van der Waals surface area contributed by atoms with E-state index in [9.17, 15) is 14.7 Å². The minimum Gasteiger partial charge on any atom is -0.392 e. The van der Waals surface area contributed by atoms with Gasteiger partial charge < -0.3 is 20.7 Å². The molecule has 37 heavy (non-hydrogen) atoms. The Morgan fingerprint density at radius 2 is 1.97 bits per heavy atom. The summed E-state index contributed by atoms with van der Waals surface area (Å²) in [5, 5.41) is 14.5. The number of primary amides is 1. The summed E-state index contributed by atoms with van der Waals surface area (Å²) in [5.41, 5.74) is 9.54. The molecule has 1 amide bonds. The Balaban J connectivity index is 1.59. The smallest absolute Gasteiger partial charge is 0.266 e. The predicted octanol–water partition coefficient (Wildman–Crippen LogP) is 3.37. The number of aromatic nitrogens is 2. The summed E-state index contributed by atoms with van der Waals surface area (Å²) < 4.78 is 18.6. The monoisotopic (exact) mass is 500 g/mol. The quantitative estimate of drug-likeness (QED) is 0.362. The molecule has 2 aromatic heterocycles. The lowest BCUT2D eigenvalue weighted by molar-refractivity contribution is 0.0992. The van der Waals surface area contributed by atoms with Crippen LogP contribution in [0.3, 0.4) is 0 Å². The number of hydrogen-bond acceptors (Lipinski definition) is 4.